The van der Waals surface area contributed by atoms with Crippen LogP contribution in [0.15, 0.2) is 192 Å². The zero-order chi connectivity index (χ0) is 36.8. The van der Waals surface area contributed by atoms with E-state index in [4.69, 9.17) is 19.4 Å². The lowest BCUT2D eigenvalue weighted by molar-refractivity contribution is 0.669. The molecule has 0 saturated heterocycles. The Kier molecular flexibility index (Phi) is 6.52. The zero-order valence-electron chi connectivity index (χ0n) is 30.1. The summed E-state index contributed by atoms with van der Waals surface area (Å²) < 4.78 is 6.41. The summed E-state index contributed by atoms with van der Waals surface area (Å²) in [6.07, 6.45) is 0. The van der Waals surface area contributed by atoms with E-state index >= 15 is 0 Å². The standard InChI is InChI=1S/C52H31N3O/c1-2-13-33(14-3-1)49-53-50(55-51(54-49)41-20-12-19-40-39-18-7-11-24-47(39)56-48(40)41)34-27-25-32(26-28-34)35-29-30-46-42(31-35)38-17-6-10-23-45(38)52(46)43-21-8-4-15-36(43)37-16-5-9-22-44(37)52/h1-31H. The second-order valence-corrected chi connectivity index (χ2v) is 14.7. The Balaban J connectivity index is 0.977. The number of hydrogen-bond acceptors (Lipinski definition) is 4. The maximum Gasteiger partial charge on any atom is 0.167 e. The highest BCUT2D eigenvalue weighted by Crippen LogP contribution is 2.62. The Morgan fingerprint density at radius 3 is 1.50 bits per heavy atom. The molecule has 2 aliphatic rings. The molecule has 10 aromatic rings. The first-order valence-corrected chi connectivity index (χ1v) is 19.0. The van der Waals surface area contributed by atoms with Crippen LogP contribution in [0.1, 0.15) is 22.3 Å². The average molecular weight is 714 g/mol. The highest BCUT2D eigenvalue weighted by molar-refractivity contribution is 6.09. The number of nitrogens with zero attached hydrogens (tertiary/aromatic N) is 3. The molecule has 0 unspecified atom stereocenters. The number of para-hydroxylation sites is 2. The Morgan fingerprint density at radius 2 is 0.804 bits per heavy atom. The van der Waals surface area contributed by atoms with Crippen LogP contribution in [0.3, 0.4) is 0 Å². The molecular weight excluding hydrogens is 683 g/mol. The second-order valence-electron chi connectivity index (χ2n) is 14.7. The fraction of sp³-hybridized carbons (Fsp3) is 0.0192. The molecular formula is C52H31N3O. The summed E-state index contributed by atoms with van der Waals surface area (Å²) in [4.78, 5) is 15.1. The van der Waals surface area contributed by atoms with Crippen molar-refractivity contribution in [2.75, 3.05) is 0 Å². The lowest BCUT2D eigenvalue weighted by Gasteiger charge is -2.30. The van der Waals surface area contributed by atoms with Gasteiger partial charge in [-0.2, -0.15) is 0 Å². The van der Waals surface area contributed by atoms with Crippen LogP contribution in [0, 0.1) is 0 Å². The van der Waals surface area contributed by atoms with Crippen molar-refractivity contribution in [3.8, 4) is 67.5 Å². The Morgan fingerprint density at radius 1 is 0.321 bits per heavy atom. The van der Waals surface area contributed by atoms with E-state index in [1.54, 1.807) is 0 Å². The molecule has 0 bridgehead atoms. The van der Waals surface area contributed by atoms with Crippen LogP contribution >= 0.6 is 0 Å². The second kappa shape index (κ2) is 11.8. The predicted molar refractivity (Wildman–Crippen MR) is 225 cm³/mol. The molecule has 0 atom stereocenters. The van der Waals surface area contributed by atoms with E-state index in [1.165, 1.54) is 50.1 Å². The predicted octanol–water partition coefficient (Wildman–Crippen LogP) is 12.8. The number of rotatable bonds is 4. The number of aromatic nitrogens is 3. The first-order chi connectivity index (χ1) is 27.8. The normalized spacial score (nSPS) is 13.1. The molecule has 56 heavy (non-hydrogen) atoms. The van der Waals surface area contributed by atoms with Crippen molar-refractivity contribution in [1.82, 2.24) is 15.0 Å². The fourth-order valence-electron chi connectivity index (χ4n) is 9.36. The van der Waals surface area contributed by atoms with Crippen molar-refractivity contribution in [2.45, 2.75) is 5.41 Å². The van der Waals surface area contributed by atoms with E-state index in [0.29, 0.717) is 17.5 Å². The van der Waals surface area contributed by atoms with Gasteiger partial charge in [-0.05, 0) is 73.8 Å². The molecule has 12 rings (SSSR count). The van der Waals surface area contributed by atoms with Gasteiger partial charge in [0, 0.05) is 21.9 Å². The quantitative estimate of drug-likeness (QED) is 0.182. The third-order valence-corrected chi connectivity index (χ3v) is 11.8. The van der Waals surface area contributed by atoms with E-state index in [-0.39, 0.29) is 5.41 Å². The Labute approximate surface area is 323 Å². The van der Waals surface area contributed by atoms with Gasteiger partial charge in [0.2, 0.25) is 0 Å². The number of hydrogen-bond donors (Lipinski definition) is 0. The molecule has 260 valence electrons. The molecule has 2 aliphatic carbocycles. The Bertz CT molecular complexity index is 3150. The number of benzene rings is 8. The van der Waals surface area contributed by atoms with Gasteiger partial charge in [0.15, 0.2) is 17.5 Å². The van der Waals surface area contributed by atoms with Gasteiger partial charge in [-0.1, -0.05) is 170 Å². The van der Waals surface area contributed by atoms with E-state index < -0.39 is 0 Å². The maximum absolute atomic E-state index is 6.41. The van der Waals surface area contributed by atoms with Crippen molar-refractivity contribution in [3.05, 3.63) is 210 Å². The van der Waals surface area contributed by atoms with E-state index in [1.807, 2.05) is 60.7 Å². The largest absolute Gasteiger partial charge is 0.455 e. The number of furan rings is 1. The molecule has 0 N–H and O–H groups in total. The molecule has 2 heterocycles. The summed E-state index contributed by atoms with van der Waals surface area (Å²) >= 11 is 0. The molecule has 0 saturated carbocycles. The fourth-order valence-corrected chi connectivity index (χ4v) is 9.36. The summed E-state index contributed by atoms with van der Waals surface area (Å²) in [6, 6.07) is 66.8. The van der Waals surface area contributed by atoms with Crippen LogP contribution in [0.4, 0.5) is 0 Å². The minimum atomic E-state index is -0.346. The molecule has 4 heteroatoms. The molecule has 8 aromatic carbocycles. The summed E-state index contributed by atoms with van der Waals surface area (Å²) in [7, 11) is 0. The van der Waals surface area contributed by atoms with Gasteiger partial charge in [-0.3, -0.25) is 0 Å². The smallest absolute Gasteiger partial charge is 0.167 e. The van der Waals surface area contributed by atoms with Gasteiger partial charge in [0.1, 0.15) is 11.2 Å². The van der Waals surface area contributed by atoms with Crippen LogP contribution in [-0.4, -0.2) is 15.0 Å². The summed E-state index contributed by atoms with van der Waals surface area (Å²) in [6.45, 7) is 0. The van der Waals surface area contributed by atoms with Gasteiger partial charge >= 0.3 is 0 Å². The van der Waals surface area contributed by atoms with Crippen LogP contribution in [0.2, 0.25) is 0 Å². The van der Waals surface area contributed by atoms with Crippen LogP contribution < -0.4 is 0 Å². The third kappa shape index (κ3) is 4.32. The molecule has 0 fully saturated rings. The number of fused-ring (bicyclic) bond motifs is 13. The minimum Gasteiger partial charge on any atom is -0.455 e. The molecule has 2 aromatic heterocycles. The van der Waals surface area contributed by atoms with Crippen molar-refractivity contribution in [3.63, 3.8) is 0 Å². The van der Waals surface area contributed by atoms with Gasteiger partial charge in [-0.15, -0.1) is 0 Å². The first-order valence-electron chi connectivity index (χ1n) is 19.0. The average Bonchev–Trinajstić information content (AvgIpc) is 3.91. The van der Waals surface area contributed by atoms with E-state index in [2.05, 4.69) is 127 Å². The molecule has 0 aliphatic heterocycles. The summed E-state index contributed by atoms with van der Waals surface area (Å²) in [5.41, 5.74) is 16.8. The first kappa shape index (κ1) is 31.0. The highest BCUT2D eigenvalue weighted by Gasteiger charge is 2.51. The van der Waals surface area contributed by atoms with Crippen LogP contribution in [-0.2, 0) is 5.41 Å². The summed E-state index contributed by atoms with van der Waals surface area (Å²) in [5.74, 6) is 1.80. The van der Waals surface area contributed by atoms with Crippen LogP contribution in [0.5, 0.6) is 0 Å². The van der Waals surface area contributed by atoms with E-state index in [0.717, 1.165) is 44.2 Å². The van der Waals surface area contributed by atoms with E-state index in [9.17, 15) is 0 Å². The highest BCUT2D eigenvalue weighted by atomic mass is 16.3. The zero-order valence-corrected chi connectivity index (χ0v) is 30.1. The topological polar surface area (TPSA) is 51.8 Å². The monoisotopic (exact) mass is 713 g/mol. The van der Waals surface area contributed by atoms with Gasteiger partial charge in [0.05, 0.1) is 11.0 Å². The lowest BCUT2D eigenvalue weighted by Crippen LogP contribution is -2.25. The van der Waals surface area contributed by atoms with Crippen molar-refractivity contribution in [1.29, 1.82) is 0 Å². The molecule has 1 spiro atoms. The lowest BCUT2D eigenvalue weighted by atomic mass is 9.70. The van der Waals surface area contributed by atoms with Crippen molar-refractivity contribution < 1.29 is 4.42 Å². The molecule has 0 amide bonds. The SMILES string of the molecule is c1ccc(-c2nc(-c3ccc(-c4ccc5c(c4)-c4ccccc4C54c5ccccc5-c5ccccc54)cc3)nc(-c3cccc4c3oc3ccccc34)n2)cc1. The van der Waals surface area contributed by atoms with Crippen molar-refractivity contribution in [2.24, 2.45) is 0 Å². The molecule has 0 radical (unpaired) electrons. The third-order valence-electron chi connectivity index (χ3n) is 11.8. The van der Waals surface area contributed by atoms with Crippen LogP contribution in [0.25, 0.3) is 89.5 Å². The van der Waals surface area contributed by atoms with Gasteiger partial charge < -0.3 is 4.42 Å². The Hall–Kier alpha value is -7.43. The maximum atomic E-state index is 6.41. The molecule has 4 nitrogen and oxygen atoms in total. The van der Waals surface area contributed by atoms with Crippen molar-refractivity contribution >= 4 is 21.9 Å². The minimum absolute atomic E-state index is 0.346. The van der Waals surface area contributed by atoms with Gasteiger partial charge in [0.25, 0.3) is 0 Å². The summed E-state index contributed by atoms with van der Waals surface area (Å²) in [5, 5.41) is 2.11. The van der Waals surface area contributed by atoms with Gasteiger partial charge in [-0.25, -0.2) is 15.0 Å².